The number of aliphatic imine (C=N–C) groups is 1. The van der Waals surface area contributed by atoms with Crippen molar-refractivity contribution in [3.63, 3.8) is 0 Å². The maximum absolute atomic E-state index is 14.3. The molecule has 2 atom stereocenters. The molecule has 0 spiro atoms. The summed E-state index contributed by atoms with van der Waals surface area (Å²) in [5.41, 5.74) is 8.18. The van der Waals surface area contributed by atoms with Crippen molar-refractivity contribution >= 4 is 39.3 Å². The molecule has 4 aromatic rings. The van der Waals surface area contributed by atoms with Gasteiger partial charge < -0.3 is 14.6 Å². The highest BCUT2D eigenvalue weighted by molar-refractivity contribution is 9.10. The lowest BCUT2D eigenvalue weighted by Crippen LogP contribution is -2.54. The van der Waals surface area contributed by atoms with Crippen LogP contribution < -0.4 is 15.6 Å². The van der Waals surface area contributed by atoms with Crippen molar-refractivity contribution in [2.24, 2.45) is 4.99 Å². The van der Waals surface area contributed by atoms with E-state index in [1.54, 1.807) is 0 Å². The van der Waals surface area contributed by atoms with Crippen molar-refractivity contribution in [1.29, 1.82) is 0 Å². The Morgan fingerprint density at radius 1 is 0.953 bits per heavy atom. The van der Waals surface area contributed by atoms with E-state index in [0.29, 0.717) is 42.7 Å². The van der Waals surface area contributed by atoms with Crippen molar-refractivity contribution in [1.82, 2.24) is 10.9 Å². The number of hydrogen-bond donors (Lipinski definition) is 3. The third-order valence-electron chi connectivity index (χ3n) is 7.23. The first-order chi connectivity index (χ1) is 21.0. The molecule has 222 valence electrons. The van der Waals surface area contributed by atoms with Crippen LogP contribution in [0.25, 0.3) is 0 Å². The van der Waals surface area contributed by atoms with Crippen LogP contribution in [0.15, 0.2) is 113 Å². The number of nitrogens with one attached hydrogen (secondary N) is 2. The van der Waals surface area contributed by atoms with Gasteiger partial charge in [-0.05, 0) is 59.5 Å². The highest BCUT2D eigenvalue weighted by Gasteiger charge is 2.53. The normalized spacial score (nSPS) is 17.7. The third-order valence-corrected chi connectivity index (χ3v) is 8.37. The van der Waals surface area contributed by atoms with Gasteiger partial charge in [-0.1, -0.05) is 94.3 Å². The van der Waals surface area contributed by atoms with Crippen LogP contribution in [0.4, 0.5) is 0 Å². The van der Waals surface area contributed by atoms with Gasteiger partial charge in [0.2, 0.25) is 5.90 Å². The molecule has 3 N–H and O–H groups in total. The van der Waals surface area contributed by atoms with Crippen molar-refractivity contribution in [3.05, 3.63) is 135 Å². The van der Waals surface area contributed by atoms with Gasteiger partial charge in [-0.25, -0.2) is 10.4 Å². The first-order valence-corrected chi connectivity index (χ1v) is 15.3. The minimum Gasteiger partial charge on any atom is -0.494 e. The molecule has 0 aliphatic carbocycles. The van der Waals surface area contributed by atoms with Gasteiger partial charge in [-0.15, -0.1) is 0 Å². The number of amides is 1. The number of aliphatic hydroxyl groups is 1. The zero-order valence-electron chi connectivity index (χ0n) is 23.5. The summed E-state index contributed by atoms with van der Waals surface area (Å²) < 4.78 is 13.1. The zero-order chi connectivity index (χ0) is 30.1. The summed E-state index contributed by atoms with van der Waals surface area (Å²) in [5.74, 6) is 0.736. The highest BCUT2D eigenvalue weighted by atomic mass is 79.9. The fourth-order valence-electron chi connectivity index (χ4n) is 4.99. The van der Waals surface area contributed by atoms with Crippen LogP contribution in [0.3, 0.4) is 0 Å². The van der Waals surface area contributed by atoms with E-state index >= 15 is 0 Å². The predicted octanol–water partition coefficient (Wildman–Crippen LogP) is 6.23. The number of hydrazine groups is 1. The van der Waals surface area contributed by atoms with E-state index in [0.717, 1.165) is 26.7 Å². The van der Waals surface area contributed by atoms with E-state index in [1.807, 2.05) is 103 Å². The summed E-state index contributed by atoms with van der Waals surface area (Å²) >= 11 is 9.99. The summed E-state index contributed by atoms with van der Waals surface area (Å²) in [5, 5.41) is 9.73. The summed E-state index contributed by atoms with van der Waals surface area (Å²) in [4.78, 5) is 19.3. The van der Waals surface area contributed by atoms with Gasteiger partial charge in [0, 0.05) is 41.1 Å². The smallest absolute Gasteiger partial charge is 0.266 e. The third kappa shape index (κ3) is 7.46. The van der Waals surface area contributed by atoms with Gasteiger partial charge in [0.05, 0.1) is 6.61 Å². The Hall–Kier alpha value is -3.69. The van der Waals surface area contributed by atoms with Gasteiger partial charge in [0.1, 0.15) is 5.75 Å². The summed E-state index contributed by atoms with van der Waals surface area (Å²) in [6.45, 7) is 0.966. The average Bonchev–Trinajstić information content (AvgIpc) is 3.42. The molecular weight excluding hydrogens is 630 g/mol. The fourth-order valence-corrected chi connectivity index (χ4v) is 5.65. The molecular formula is C34H33BrClN3O4. The van der Waals surface area contributed by atoms with E-state index in [9.17, 15) is 4.79 Å². The number of aliphatic hydroxyl groups excluding tert-OH is 1. The van der Waals surface area contributed by atoms with Crippen LogP contribution in [0.5, 0.6) is 5.75 Å². The first-order valence-electron chi connectivity index (χ1n) is 14.2. The van der Waals surface area contributed by atoms with Crippen LogP contribution in [-0.2, 0) is 22.4 Å². The molecule has 0 saturated heterocycles. The Morgan fingerprint density at radius 3 is 2.37 bits per heavy atom. The minimum absolute atomic E-state index is 0.0696. The van der Waals surface area contributed by atoms with Crippen LogP contribution >= 0.6 is 27.5 Å². The van der Waals surface area contributed by atoms with Crippen LogP contribution in [-0.4, -0.2) is 42.2 Å². The summed E-state index contributed by atoms with van der Waals surface area (Å²) in [6, 6.07) is 32.6. The Balaban J connectivity index is 1.47. The van der Waals surface area contributed by atoms with Gasteiger partial charge in [0.25, 0.3) is 5.91 Å². The van der Waals surface area contributed by atoms with E-state index < -0.39 is 11.6 Å². The molecule has 9 heteroatoms. The minimum atomic E-state index is -1.33. The lowest BCUT2D eigenvalue weighted by Gasteiger charge is -2.31. The monoisotopic (exact) mass is 661 g/mol. The van der Waals surface area contributed by atoms with E-state index in [2.05, 4.69) is 26.8 Å². The Labute approximate surface area is 265 Å². The van der Waals surface area contributed by atoms with E-state index in [1.165, 1.54) is 0 Å². The second-order valence-electron chi connectivity index (χ2n) is 10.2. The number of halogens is 2. The van der Waals surface area contributed by atoms with Crippen molar-refractivity contribution in [2.75, 3.05) is 19.8 Å². The molecule has 5 rings (SSSR count). The van der Waals surface area contributed by atoms with Crippen LogP contribution in [0.1, 0.15) is 34.8 Å². The SMILES string of the molecule is O=C(NNCCc1ccccc1Cl)[C@@]1(Cc2ccccc2Br)N=C(c2ccc(OCCCO)cc2)O[C@H]1c1ccccc1. The standard InChI is InChI=1S/C34H33BrClN3O4/c35-29-13-6-4-12-27(29)23-34(33(41)39-37-20-19-24-9-5-7-14-30(24)36)31(25-10-2-1-3-11-25)43-32(38-34)26-15-17-28(18-16-26)42-22-8-21-40/h1-7,9-18,31,37,40H,8,19-23H2,(H,39,41)/t31-,34-/m0/s1. The molecule has 0 saturated carbocycles. The Morgan fingerprint density at radius 2 is 1.65 bits per heavy atom. The number of ether oxygens (including phenoxy) is 2. The highest BCUT2D eigenvalue weighted by Crippen LogP contribution is 2.43. The molecule has 1 aliphatic rings. The van der Waals surface area contributed by atoms with Crippen molar-refractivity contribution in [3.8, 4) is 5.75 Å². The Bertz CT molecular complexity index is 1550. The number of benzene rings is 4. The number of nitrogens with zero attached hydrogens (tertiary/aromatic N) is 1. The second kappa shape index (κ2) is 14.7. The van der Waals surface area contributed by atoms with Gasteiger partial charge in [0.15, 0.2) is 11.6 Å². The van der Waals surface area contributed by atoms with Crippen LogP contribution in [0, 0.1) is 0 Å². The molecule has 0 bridgehead atoms. The molecule has 0 radical (unpaired) electrons. The van der Waals surface area contributed by atoms with E-state index in [-0.39, 0.29) is 18.9 Å². The molecule has 1 aliphatic heterocycles. The summed E-state index contributed by atoms with van der Waals surface area (Å²) in [7, 11) is 0. The van der Waals surface area contributed by atoms with Gasteiger partial charge >= 0.3 is 0 Å². The molecule has 4 aromatic carbocycles. The largest absolute Gasteiger partial charge is 0.494 e. The average molecular weight is 663 g/mol. The molecule has 0 aromatic heterocycles. The molecule has 1 heterocycles. The van der Waals surface area contributed by atoms with Crippen molar-refractivity contribution in [2.45, 2.75) is 30.9 Å². The number of hydrogen-bond acceptors (Lipinski definition) is 6. The zero-order valence-corrected chi connectivity index (χ0v) is 25.9. The summed E-state index contributed by atoms with van der Waals surface area (Å²) in [6.07, 6.45) is 0.784. The van der Waals surface area contributed by atoms with Crippen LogP contribution in [0.2, 0.25) is 5.02 Å². The first kappa shape index (κ1) is 30.8. The number of carbonyl (C=O) groups excluding carboxylic acids is 1. The maximum atomic E-state index is 14.3. The Kier molecular flexibility index (Phi) is 10.5. The molecule has 0 unspecified atom stereocenters. The number of rotatable bonds is 13. The maximum Gasteiger partial charge on any atom is 0.266 e. The topological polar surface area (TPSA) is 92.2 Å². The lowest BCUT2D eigenvalue weighted by molar-refractivity contribution is -0.130. The molecule has 7 nitrogen and oxygen atoms in total. The van der Waals surface area contributed by atoms with Crippen molar-refractivity contribution < 1.29 is 19.4 Å². The molecule has 43 heavy (non-hydrogen) atoms. The quantitative estimate of drug-likeness (QED) is 0.117. The van der Waals surface area contributed by atoms with Gasteiger partial charge in [-0.3, -0.25) is 10.2 Å². The van der Waals surface area contributed by atoms with E-state index in [4.69, 9.17) is 31.2 Å². The van der Waals surface area contributed by atoms with Gasteiger partial charge in [-0.2, -0.15) is 0 Å². The molecule has 0 fully saturated rings. The number of carbonyl (C=O) groups is 1. The fraction of sp³-hybridized carbons (Fsp3) is 0.235. The lowest BCUT2D eigenvalue weighted by atomic mass is 9.82. The second-order valence-corrected chi connectivity index (χ2v) is 11.5. The predicted molar refractivity (Wildman–Crippen MR) is 172 cm³/mol. The molecule has 1 amide bonds.